The molecular formula is C11H21N5O. The van der Waals surface area contributed by atoms with Gasteiger partial charge in [-0.15, -0.1) is 0 Å². The van der Waals surface area contributed by atoms with Gasteiger partial charge in [-0.05, 0) is 20.3 Å². The van der Waals surface area contributed by atoms with E-state index in [1.165, 1.54) is 0 Å². The summed E-state index contributed by atoms with van der Waals surface area (Å²) in [5.41, 5.74) is 3.43. The molecule has 0 bridgehead atoms. The third kappa shape index (κ3) is 3.54. The molecule has 1 aromatic rings. The first-order valence-corrected chi connectivity index (χ1v) is 5.83. The van der Waals surface area contributed by atoms with Crippen LogP contribution >= 0.6 is 0 Å². The Morgan fingerprint density at radius 1 is 1.35 bits per heavy atom. The molecule has 0 aliphatic heterocycles. The first-order chi connectivity index (χ1) is 8.12. The number of hydrazine groups is 1. The van der Waals surface area contributed by atoms with Crippen molar-refractivity contribution in [1.82, 2.24) is 9.97 Å². The van der Waals surface area contributed by atoms with Crippen molar-refractivity contribution in [2.75, 3.05) is 17.3 Å². The third-order valence-electron chi connectivity index (χ3n) is 2.46. The summed E-state index contributed by atoms with van der Waals surface area (Å²) in [7, 11) is 0. The van der Waals surface area contributed by atoms with E-state index in [2.05, 4.69) is 27.6 Å². The lowest BCUT2D eigenvalue weighted by molar-refractivity contribution is 0.281. The van der Waals surface area contributed by atoms with Crippen molar-refractivity contribution in [2.45, 2.75) is 39.7 Å². The fourth-order valence-corrected chi connectivity index (χ4v) is 1.46. The van der Waals surface area contributed by atoms with E-state index in [1.54, 1.807) is 0 Å². The van der Waals surface area contributed by atoms with E-state index < -0.39 is 0 Å². The van der Waals surface area contributed by atoms with Gasteiger partial charge in [0.2, 0.25) is 0 Å². The number of aliphatic hydroxyl groups is 1. The van der Waals surface area contributed by atoms with E-state index in [1.807, 2.05) is 13.8 Å². The van der Waals surface area contributed by atoms with Crippen molar-refractivity contribution in [1.29, 1.82) is 0 Å². The minimum atomic E-state index is -0.0521. The van der Waals surface area contributed by atoms with Crippen molar-refractivity contribution >= 4 is 11.6 Å². The van der Waals surface area contributed by atoms with E-state index >= 15 is 0 Å². The van der Waals surface area contributed by atoms with Crippen LogP contribution in [0.1, 0.15) is 31.7 Å². The molecule has 1 atom stereocenters. The van der Waals surface area contributed by atoms with Gasteiger partial charge in [-0.25, -0.2) is 15.8 Å². The molecular weight excluding hydrogens is 218 g/mol. The summed E-state index contributed by atoms with van der Waals surface area (Å²) < 4.78 is 0. The molecule has 1 heterocycles. The monoisotopic (exact) mass is 239 g/mol. The van der Waals surface area contributed by atoms with E-state index in [0.717, 1.165) is 30.0 Å². The molecule has 0 aliphatic rings. The van der Waals surface area contributed by atoms with Gasteiger partial charge in [-0.2, -0.15) is 0 Å². The zero-order chi connectivity index (χ0) is 12.8. The molecule has 6 nitrogen and oxygen atoms in total. The molecule has 0 saturated carbocycles. The molecule has 0 amide bonds. The molecule has 0 fully saturated rings. The Morgan fingerprint density at radius 2 is 2.00 bits per heavy atom. The second kappa shape index (κ2) is 6.36. The molecule has 0 spiro atoms. The SMILES string of the molecule is CCCc1nc(NN)c(C)c(NC(C)CO)n1. The number of hydrogen-bond donors (Lipinski definition) is 4. The Hall–Kier alpha value is -1.40. The Balaban J connectivity index is 3.04. The van der Waals surface area contributed by atoms with Crippen molar-refractivity contribution in [2.24, 2.45) is 5.84 Å². The quantitative estimate of drug-likeness (QED) is 0.433. The normalized spacial score (nSPS) is 12.3. The van der Waals surface area contributed by atoms with Crippen LogP contribution in [0.4, 0.5) is 11.6 Å². The number of nitrogens with zero attached hydrogens (tertiary/aromatic N) is 2. The van der Waals surface area contributed by atoms with Crippen LogP contribution < -0.4 is 16.6 Å². The first-order valence-electron chi connectivity index (χ1n) is 5.83. The lowest BCUT2D eigenvalue weighted by Crippen LogP contribution is -2.22. The molecule has 0 saturated heterocycles. The van der Waals surface area contributed by atoms with Gasteiger partial charge in [0.15, 0.2) is 0 Å². The number of rotatable bonds is 6. The van der Waals surface area contributed by atoms with Crippen LogP contribution in [-0.4, -0.2) is 27.7 Å². The number of nitrogens with one attached hydrogen (secondary N) is 2. The predicted octanol–water partition coefficient (Wildman–Crippen LogP) is 0.816. The van der Waals surface area contributed by atoms with Gasteiger partial charge < -0.3 is 15.8 Å². The summed E-state index contributed by atoms with van der Waals surface area (Å²) in [6.07, 6.45) is 1.78. The van der Waals surface area contributed by atoms with Crippen molar-refractivity contribution in [3.05, 3.63) is 11.4 Å². The number of anilines is 2. The van der Waals surface area contributed by atoms with E-state index in [0.29, 0.717) is 5.82 Å². The fraction of sp³-hybridized carbons (Fsp3) is 0.636. The molecule has 0 radical (unpaired) electrons. The van der Waals surface area contributed by atoms with Gasteiger partial charge in [0.05, 0.1) is 6.61 Å². The predicted molar refractivity (Wildman–Crippen MR) is 68.7 cm³/mol. The summed E-state index contributed by atoms with van der Waals surface area (Å²) in [4.78, 5) is 8.75. The van der Waals surface area contributed by atoms with Crippen molar-refractivity contribution < 1.29 is 5.11 Å². The standard InChI is InChI=1S/C11H21N5O/c1-4-5-9-14-10(13-7(2)6-17)8(3)11(15-9)16-12/h7,17H,4-6,12H2,1-3H3,(H2,13,14,15,16). The topological polar surface area (TPSA) is 96.1 Å². The highest BCUT2D eigenvalue weighted by molar-refractivity contribution is 5.57. The van der Waals surface area contributed by atoms with Gasteiger partial charge in [-0.1, -0.05) is 6.92 Å². The molecule has 96 valence electrons. The second-order valence-electron chi connectivity index (χ2n) is 4.08. The highest BCUT2D eigenvalue weighted by Crippen LogP contribution is 2.20. The van der Waals surface area contributed by atoms with Gasteiger partial charge >= 0.3 is 0 Å². The van der Waals surface area contributed by atoms with Crippen LogP contribution in [0.2, 0.25) is 0 Å². The Kier molecular flexibility index (Phi) is 5.11. The van der Waals surface area contributed by atoms with Gasteiger partial charge in [0.1, 0.15) is 17.5 Å². The highest BCUT2D eigenvalue weighted by atomic mass is 16.3. The summed E-state index contributed by atoms with van der Waals surface area (Å²) in [5.74, 6) is 7.52. The maximum Gasteiger partial charge on any atom is 0.148 e. The van der Waals surface area contributed by atoms with Crippen LogP contribution in [0.15, 0.2) is 0 Å². The van der Waals surface area contributed by atoms with Crippen LogP contribution in [0.5, 0.6) is 0 Å². The van der Waals surface area contributed by atoms with E-state index in [9.17, 15) is 0 Å². The number of nitrogen functional groups attached to an aromatic ring is 1. The summed E-state index contributed by atoms with van der Waals surface area (Å²) >= 11 is 0. The smallest absolute Gasteiger partial charge is 0.148 e. The number of nitrogens with two attached hydrogens (primary N) is 1. The first kappa shape index (κ1) is 13.7. The largest absolute Gasteiger partial charge is 0.394 e. The molecule has 5 N–H and O–H groups in total. The average molecular weight is 239 g/mol. The van der Waals surface area contributed by atoms with Crippen LogP contribution in [0, 0.1) is 6.92 Å². The average Bonchev–Trinajstić information content (AvgIpc) is 2.33. The minimum absolute atomic E-state index is 0.0521. The highest BCUT2D eigenvalue weighted by Gasteiger charge is 2.11. The van der Waals surface area contributed by atoms with Gasteiger partial charge in [0.25, 0.3) is 0 Å². The van der Waals surface area contributed by atoms with Crippen molar-refractivity contribution in [3.63, 3.8) is 0 Å². The zero-order valence-corrected chi connectivity index (χ0v) is 10.6. The molecule has 1 unspecified atom stereocenters. The number of aromatic nitrogens is 2. The van der Waals surface area contributed by atoms with E-state index in [4.69, 9.17) is 10.9 Å². The molecule has 1 rings (SSSR count). The molecule has 1 aromatic heterocycles. The van der Waals surface area contributed by atoms with E-state index in [-0.39, 0.29) is 12.6 Å². The fourth-order valence-electron chi connectivity index (χ4n) is 1.46. The molecule has 6 heteroatoms. The Morgan fingerprint density at radius 3 is 2.53 bits per heavy atom. The molecule has 0 aliphatic carbocycles. The van der Waals surface area contributed by atoms with Crippen molar-refractivity contribution in [3.8, 4) is 0 Å². The lowest BCUT2D eigenvalue weighted by Gasteiger charge is -2.16. The molecule has 0 aromatic carbocycles. The maximum absolute atomic E-state index is 9.04. The van der Waals surface area contributed by atoms with Gasteiger partial charge in [0, 0.05) is 18.0 Å². The second-order valence-corrected chi connectivity index (χ2v) is 4.08. The van der Waals surface area contributed by atoms with Crippen LogP contribution in [0.3, 0.4) is 0 Å². The summed E-state index contributed by atoms with van der Waals surface area (Å²) in [6.45, 7) is 5.90. The minimum Gasteiger partial charge on any atom is -0.394 e. The number of aliphatic hydroxyl groups excluding tert-OH is 1. The lowest BCUT2D eigenvalue weighted by atomic mass is 10.2. The summed E-state index contributed by atoms with van der Waals surface area (Å²) in [5, 5.41) is 12.2. The van der Waals surface area contributed by atoms with Crippen LogP contribution in [0.25, 0.3) is 0 Å². The third-order valence-corrected chi connectivity index (χ3v) is 2.46. The summed E-state index contributed by atoms with van der Waals surface area (Å²) in [6, 6.07) is -0.0521. The number of aryl methyl sites for hydroxylation is 1. The Labute approximate surface area is 102 Å². The zero-order valence-electron chi connectivity index (χ0n) is 10.6. The van der Waals surface area contributed by atoms with Crippen LogP contribution in [-0.2, 0) is 6.42 Å². The Bertz CT molecular complexity index is 369. The maximum atomic E-state index is 9.04. The van der Waals surface area contributed by atoms with Gasteiger partial charge in [-0.3, -0.25) is 0 Å². The number of hydrogen-bond acceptors (Lipinski definition) is 6. The molecule has 17 heavy (non-hydrogen) atoms.